The highest BCUT2D eigenvalue weighted by atomic mass is 19.1. The lowest BCUT2D eigenvalue weighted by atomic mass is 10.3. The average molecular weight is 248 g/mol. The van der Waals surface area contributed by atoms with Gasteiger partial charge in [0.15, 0.2) is 0 Å². The largest absolute Gasteiger partial charge is 0.323 e. The number of halogens is 2. The molecule has 0 aromatic heterocycles. The lowest BCUT2D eigenvalue weighted by Gasteiger charge is -2.07. The minimum atomic E-state index is -0.745. The molecule has 2 aromatic rings. The van der Waals surface area contributed by atoms with Crippen molar-refractivity contribution >= 4 is 17.4 Å². The summed E-state index contributed by atoms with van der Waals surface area (Å²) in [6, 6.07) is 11.0. The molecule has 0 aliphatic heterocycles. The normalized spacial score (nSPS) is 9.89. The number of rotatable bonds is 2. The van der Waals surface area contributed by atoms with Crippen LogP contribution in [0.5, 0.6) is 0 Å². The number of hydrogen-bond donors (Lipinski definition) is 2. The highest BCUT2D eigenvalue weighted by molar-refractivity contribution is 5.99. The monoisotopic (exact) mass is 248 g/mol. The maximum absolute atomic E-state index is 12.9. The van der Waals surface area contributed by atoms with E-state index in [9.17, 15) is 13.6 Å². The Morgan fingerprint density at radius 1 is 0.833 bits per heavy atom. The number of carbonyl (C=O) groups excluding carboxylic acids is 1. The van der Waals surface area contributed by atoms with Crippen LogP contribution in [0.2, 0.25) is 0 Å². The highest BCUT2D eigenvalue weighted by Crippen LogP contribution is 2.13. The SMILES string of the molecule is O=C(Nc1ccccc1)Nc1cc(F)cc(F)c1. The Hall–Kier alpha value is -2.43. The van der Waals surface area contributed by atoms with Crippen LogP contribution in [0.3, 0.4) is 0 Å². The number of nitrogens with one attached hydrogen (secondary N) is 2. The van der Waals surface area contributed by atoms with Crippen LogP contribution in [-0.4, -0.2) is 6.03 Å². The molecule has 0 heterocycles. The van der Waals surface area contributed by atoms with E-state index in [1.165, 1.54) is 0 Å². The van der Waals surface area contributed by atoms with E-state index in [1.54, 1.807) is 24.3 Å². The number of hydrogen-bond acceptors (Lipinski definition) is 1. The number of urea groups is 1. The van der Waals surface area contributed by atoms with Crippen LogP contribution in [-0.2, 0) is 0 Å². The molecule has 0 saturated carbocycles. The predicted molar refractivity (Wildman–Crippen MR) is 65.4 cm³/mol. The van der Waals surface area contributed by atoms with Crippen LogP contribution in [0.15, 0.2) is 48.5 Å². The molecule has 0 radical (unpaired) electrons. The van der Waals surface area contributed by atoms with Crippen LogP contribution in [0, 0.1) is 11.6 Å². The van der Waals surface area contributed by atoms with E-state index >= 15 is 0 Å². The molecule has 0 aliphatic rings. The first-order valence-electron chi connectivity index (χ1n) is 5.22. The third-order valence-corrected chi connectivity index (χ3v) is 2.15. The van der Waals surface area contributed by atoms with Crippen molar-refractivity contribution in [3.8, 4) is 0 Å². The molecule has 0 saturated heterocycles. The van der Waals surface area contributed by atoms with E-state index in [2.05, 4.69) is 10.6 Å². The highest BCUT2D eigenvalue weighted by Gasteiger charge is 2.05. The summed E-state index contributed by atoms with van der Waals surface area (Å²) in [7, 11) is 0. The summed E-state index contributed by atoms with van der Waals surface area (Å²) in [5.41, 5.74) is 0.646. The van der Waals surface area contributed by atoms with Crippen molar-refractivity contribution in [1.29, 1.82) is 0 Å². The molecule has 0 aliphatic carbocycles. The fraction of sp³-hybridized carbons (Fsp3) is 0. The Morgan fingerprint density at radius 3 is 2.00 bits per heavy atom. The molecule has 0 bridgehead atoms. The van der Waals surface area contributed by atoms with Crippen LogP contribution < -0.4 is 10.6 Å². The van der Waals surface area contributed by atoms with Crippen molar-refractivity contribution in [3.63, 3.8) is 0 Å². The van der Waals surface area contributed by atoms with Gasteiger partial charge in [0.1, 0.15) is 11.6 Å². The molecular formula is C13H10F2N2O. The quantitative estimate of drug-likeness (QED) is 0.837. The molecule has 18 heavy (non-hydrogen) atoms. The van der Waals surface area contributed by atoms with Gasteiger partial charge in [-0.05, 0) is 24.3 Å². The molecule has 0 unspecified atom stereocenters. The van der Waals surface area contributed by atoms with Crippen molar-refractivity contribution in [3.05, 3.63) is 60.2 Å². The fourth-order valence-corrected chi connectivity index (χ4v) is 1.44. The maximum atomic E-state index is 12.9. The molecule has 92 valence electrons. The molecule has 3 nitrogen and oxygen atoms in total. The summed E-state index contributed by atoms with van der Waals surface area (Å²) in [4.78, 5) is 11.5. The number of benzene rings is 2. The van der Waals surface area contributed by atoms with Gasteiger partial charge in [-0.1, -0.05) is 18.2 Å². The first-order valence-corrected chi connectivity index (χ1v) is 5.22. The molecule has 2 rings (SSSR count). The van der Waals surface area contributed by atoms with Gasteiger partial charge in [-0.15, -0.1) is 0 Å². The van der Waals surface area contributed by atoms with Crippen LogP contribution in [0.1, 0.15) is 0 Å². The van der Waals surface area contributed by atoms with E-state index in [1.807, 2.05) is 6.07 Å². The van der Waals surface area contributed by atoms with Crippen molar-refractivity contribution in [1.82, 2.24) is 0 Å². The molecule has 0 fully saturated rings. The maximum Gasteiger partial charge on any atom is 0.323 e. The van der Waals surface area contributed by atoms with Gasteiger partial charge in [0.25, 0.3) is 0 Å². The standard InChI is InChI=1S/C13H10F2N2O/c14-9-6-10(15)8-12(7-9)17-13(18)16-11-4-2-1-3-5-11/h1-8H,(H2,16,17,18). The smallest absolute Gasteiger partial charge is 0.308 e. The van der Waals surface area contributed by atoms with E-state index in [0.717, 1.165) is 18.2 Å². The Kier molecular flexibility index (Phi) is 3.52. The lowest BCUT2D eigenvalue weighted by molar-refractivity contribution is 0.262. The van der Waals surface area contributed by atoms with Gasteiger partial charge >= 0.3 is 6.03 Å². The fourth-order valence-electron chi connectivity index (χ4n) is 1.44. The van der Waals surface area contributed by atoms with Crippen LogP contribution in [0.4, 0.5) is 25.0 Å². The molecule has 0 spiro atoms. The summed E-state index contributed by atoms with van der Waals surface area (Å²) in [5.74, 6) is -1.49. The Balaban J connectivity index is 2.03. The Bertz CT molecular complexity index is 538. The molecule has 2 aromatic carbocycles. The second kappa shape index (κ2) is 5.27. The van der Waals surface area contributed by atoms with Gasteiger partial charge in [-0.2, -0.15) is 0 Å². The van der Waals surface area contributed by atoms with E-state index in [4.69, 9.17) is 0 Å². The van der Waals surface area contributed by atoms with Crippen molar-refractivity contribution in [2.45, 2.75) is 0 Å². The third kappa shape index (κ3) is 3.28. The Labute approximate surface area is 102 Å². The predicted octanol–water partition coefficient (Wildman–Crippen LogP) is 3.61. The molecule has 2 N–H and O–H groups in total. The Morgan fingerprint density at radius 2 is 1.39 bits per heavy atom. The van der Waals surface area contributed by atoms with E-state index in [0.29, 0.717) is 5.69 Å². The second-order valence-corrected chi connectivity index (χ2v) is 3.60. The summed E-state index contributed by atoms with van der Waals surface area (Å²) >= 11 is 0. The number of amides is 2. The molecular weight excluding hydrogens is 238 g/mol. The number of carbonyl (C=O) groups is 1. The van der Waals surface area contributed by atoms with Gasteiger partial charge in [-0.3, -0.25) is 0 Å². The lowest BCUT2D eigenvalue weighted by Crippen LogP contribution is -2.19. The average Bonchev–Trinajstić information content (AvgIpc) is 2.28. The number of anilines is 2. The molecule has 2 amide bonds. The summed E-state index contributed by atoms with van der Waals surface area (Å²) in [5, 5.41) is 4.88. The first kappa shape index (κ1) is 12.0. The van der Waals surface area contributed by atoms with Gasteiger partial charge in [-0.25, -0.2) is 13.6 Å². The first-order chi connectivity index (χ1) is 8.63. The van der Waals surface area contributed by atoms with Crippen molar-refractivity contribution in [2.24, 2.45) is 0 Å². The van der Waals surface area contributed by atoms with Gasteiger partial charge in [0.05, 0.1) is 0 Å². The van der Waals surface area contributed by atoms with E-state index < -0.39 is 17.7 Å². The van der Waals surface area contributed by atoms with Crippen molar-refractivity contribution in [2.75, 3.05) is 10.6 Å². The number of para-hydroxylation sites is 1. The second-order valence-electron chi connectivity index (χ2n) is 3.60. The third-order valence-electron chi connectivity index (χ3n) is 2.15. The zero-order valence-corrected chi connectivity index (χ0v) is 9.28. The minimum absolute atomic E-state index is 0.0564. The summed E-state index contributed by atoms with van der Waals surface area (Å²) in [6.07, 6.45) is 0. The summed E-state index contributed by atoms with van der Waals surface area (Å²) < 4.78 is 25.8. The topological polar surface area (TPSA) is 41.1 Å². The zero-order valence-electron chi connectivity index (χ0n) is 9.28. The van der Waals surface area contributed by atoms with Gasteiger partial charge in [0.2, 0.25) is 0 Å². The van der Waals surface area contributed by atoms with Crippen LogP contribution >= 0.6 is 0 Å². The summed E-state index contributed by atoms with van der Waals surface area (Å²) in [6.45, 7) is 0. The van der Waals surface area contributed by atoms with Gasteiger partial charge in [0, 0.05) is 17.4 Å². The van der Waals surface area contributed by atoms with Crippen LogP contribution in [0.25, 0.3) is 0 Å². The van der Waals surface area contributed by atoms with Crippen molar-refractivity contribution < 1.29 is 13.6 Å². The molecule has 5 heteroatoms. The minimum Gasteiger partial charge on any atom is -0.308 e. The zero-order chi connectivity index (χ0) is 13.0. The molecule has 0 atom stereocenters. The van der Waals surface area contributed by atoms with E-state index in [-0.39, 0.29) is 5.69 Å². The van der Waals surface area contributed by atoms with Gasteiger partial charge < -0.3 is 10.6 Å².